The first-order chi connectivity index (χ1) is 8.60. The molecule has 2 rings (SSSR count). The lowest BCUT2D eigenvalue weighted by Crippen LogP contribution is -2.17. The number of benzene rings is 1. The number of alkyl halides is 1. The highest BCUT2D eigenvalue weighted by Crippen LogP contribution is 2.28. The van der Waals surface area contributed by atoms with E-state index < -0.39 is 0 Å². The van der Waals surface area contributed by atoms with E-state index in [1.54, 1.807) is 11.3 Å². The number of hydrogen-bond acceptors (Lipinski definition) is 2. The Morgan fingerprint density at radius 2 is 1.94 bits per heavy atom. The molecule has 18 heavy (non-hydrogen) atoms. The Labute approximate surface area is 137 Å². The van der Waals surface area contributed by atoms with Crippen LogP contribution in [-0.4, -0.2) is 7.05 Å². The van der Waals surface area contributed by atoms with Crippen molar-refractivity contribution in [2.24, 2.45) is 0 Å². The second-order valence-electron chi connectivity index (χ2n) is 3.99. The molecule has 5 heteroatoms. The van der Waals surface area contributed by atoms with Crippen LogP contribution in [0.1, 0.15) is 10.4 Å². The Hall–Kier alpha value is 0.160. The van der Waals surface area contributed by atoms with E-state index in [0.717, 1.165) is 20.8 Å². The summed E-state index contributed by atoms with van der Waals surface area (Å²) < 4.78 is 2.28. The summed E-state index contributed by atoms with van der Waals surface area (Å²) in [7, 11) is 2.13. The van der Waals surface area contributed by atoms with Gasteiger partial charge >= 0.3 is 0 Å². The summed E-state index contributed by atoms with van der Waals surface area (Å²) in [6, 6.07) is 8.57. The van der Waals surface area contributed by atoms with Gasteiger partial charge in [0.2, 0.25) is 0 Å². The first-order valence-electron chi connectivity index (χ1n) is 5.38. The van der Waals surface area contributed by atoms with Crippen LogP contribution in [0.5, 0.6) is 0 Å². The Kier molecular flexibility index (Phi) is 5.30. The number of anilines is 1. The van der Waals surface area contributed by atoms with Gasteiger partial charge in [0.15, 0.2) is 0 Å². The largest absolute Gasteiger partial charge is 0.369 e. The number of nitrogens with zero attached hydrogens (tertiary/aromatic N) is 1. The fraction of sp³-hybridized carbons (Fsp3) is 0.231. The van der Waals surface area contributed by atoms with Gasteiger partial charge in [0.1, 0.15) is 0 Å². The summed E-state index contributed by atoms with van der Waals surface area (Å²) >= 11 is 12.3. The molecule has 0 amide bonds. The van der Waals surface area contributed by atoms with Gasteiger partial charge in [-0.05, 0) is 45.8 Å². The van der Waals surface area contributed by atoms with Crippen molar-refractivity contribution in [1.29, 1.82) is 0 Å². The zero-order valence-electron chi connectivity index (χ0n) is 9.79. The van der Waals surface area contributed by atoms with Crippen LogP contribution in [0.15, 0.2) is 38.6 Å². The standard InChI is InChI=1S/C13H12Br3NS/c1-17(7-12-5-11(16)8-18-12)13-3-2-10(15)4-9(13)6-14/h2-5,8H,6-7H2,1H3. The van der Waals surface area contributed by atoms with Crippen molar-refractivity contribution in [3.05, 3.63) is 49.0 Å². The second kappa shape index (κ2) is 6.55. The third kappa shape index (κ3) is 3.59. The minimum absolute atomic E-state index is 0.861. The van der Waals surface area contributed by atoms with Crippen molar-refractivity contribution >= 4 is 64.8 Å². The number of hydrogen-bond donors (Lipinski definition) is 0. The summed E-state index contributed by atoms with van der Waals surface area (Å²) in [5, 5.41) is 2.98. The van der Waals surface area contributed by atoms with Crippen LogP contribution >= 0.6 is 59.1 Å². The smallest absolute Gasteiger partial charge is 0.0520 e. The SMILES string of the molecule is CN(Cc1cc(Br)cs1)c1ccc(Br)cc1CBr. The predicted octanol–water partition coefficient (Wildman–Crippen LogP) is 5.80. The Balaban J connectivity index is 2.20. The van der Waals surface area contributed by atoms with Crippen molar-refractivity contribution in [3.63, 3.8) is 0 Å². The lowest BCUT2D eigenvalue weighted by molar-refractivity contribution is 0.932. The Morgan fingerprint density at radius 1 is 1.17 bits per heavy atom. The normalized spacial score (nSPS) is 10.7. The summed E-state index contributed by atoms with van der Waals surface area (Å²) in [6.45, 7) is 0.928. The molecule has 1 aromatic carbocycles. The number of halogens is 3. The van der Waals surface area contributed by atoms with Crippen LogP contribution in [0.4, 0.5) is 5.69 Å². The maximum atomic E-state index is 3.55. The van der Waals surface area contributed by atoms with Crippen molar-refractivity contribution < 1.29 is 0 Å². The highest BCUT2D eigenvalue weighted by atomic mass is 79.9. The molecular formula is C13H12Br3NS. The van der Waals surface area contributed by atoms with Gasteiger partial charge in [0.25, 0.3) is 0 Å². The third-order valence-electron chi connectivity index (χ3n) is 2.61. The minimum atomic E-state index is 0.861. The molecule has 0 spiro atoms. The van der Waals surface area contributed by atoms with Gasteiger partial charge in [-0.2, -0.15) is 0 Å². The van der Waals surface area contributed by atoms with Crippen molar-refractivity contribution in [1.82, 2.24) is 0 Å². The van der Waals surface area contributed by atoms with Crippen LogP contribution < -0.4 is 4.90 Å². The van der Waals surface area contributed by atoms with E-state index in [1.165, 1.54) is 16.1 Å². The zero-order valence-corrected chi connectivity index (χ0v) is 15.4. The van der Waals surface area contributed by atoms with Gasteiger partial charge < -0.3 is 4.90 Å². The zero-order chi connectivity index (χ0) is 13.1. The van der Waals surface area contributed by atoms with Crippen LogP contribution in [0.2, 0.25) is 0 Å². The molecule has 0 aliphatic heterocycles. The van der Waals surface area contributed by atoms with Gasteiger partial charge in [-0.15, -0.1) is 11.3 Å². The van der Waals surface area contributed by atoms with E-state index in [0.29, 0.717) is 0 Å². The molecule has 1 aromatic heterocycles. The molecule has 0 radical (unpaired) electrons. The monoisotopic (exact) mass is 451 g/mol. The highest BCUT2D eigenvalue weighted by molar-refractivity contribution is 9.10. The molecule has 0 saturated heterocycles. The van der Waals surface area contributed by atoms with Crippen molar-refractivity contribution in [2.75, 3.05) is 11.9 Å². The van der Waals surface area contributed by atoms with Crippen LogP contribution in [0.25, 0.3) is 0 Å². The third-order valence-corrected chi connectivity index (χ3v) is 5.39. The van der Waals surface area contributed by atoms with Crippen molar-refractivity contribution in [3.8, 4) is 0 Å². The average Bonchev–Trinajstić information content (AvgIpc) is 2.74. The van der Waals surface area contributed by atoms with E-state index >= 15 is 0 Å². The molecule has 0 bridgehead atoms. The Morgan fingerprint density at radius 3 is 2.56 bits per heavy atom. The molecule has 0 N–H and O–H groups in total. The van der Waals surface area contributed by atoms with Gasteiger partial charge in [-0.3, -0.25) is 0 Å². The first kappa shape index (κ1) is 14.6. The summed E-state index contributed by atoms with van der Waals surface area (Å²) in [5.74, 6) is 0. The van der Waals surface area contributed by atoms with Crippen molar-refractivity contribution in [2.45, 2.75) is 11.9 Å². The van der Waals surface area contributed by atoms with E-state index in [1.807, 2.05) is 0 Å². The average molecular weight is 454 g/mol. The molecule has 0 fully saturated rings. The molecule has 0 aliphatic carbocycles. The molecule has 2 aromatic rings. The van der Waals surface area contributed by atoms with E-state index in [9.17, 15) is 0 Å². The van der Waals surface area contributed by atoms with Gasteiger partial charge in [0.05, 0.1) is 6.54 Å². The van der Waals surface area contributed by atoms with Gasteiger partial charge in [-0.25, -0.2) is 0 Å². The second-order valence-corrected chi connectivity index (χ2v) is 7.38. The maximum Gasteiger partial charge on any atom is 0.0520 e. The van der Waals surface area contributed by atoms with Gasteiger partial charge in [0, 0.05) is 37.3 Å². The summed E-state index contributed by atoms with van der Waals surface area (Å²) in [6.07, 6.45) is 0. The number of rotatable bonds is 4. The minimum Gasteiger partial charge on any atom is -0.369 e. The van der Waals surface area contributed by atoms with Gasteiger partial charge in [-0.1, -0.05) is 31.9 Å². The fourth-order valence-electron chi connectivity index (χ4n) is 1.79. The van der Waals surface area contributed by atoms with E-state index in [2.05, 4.69) is 89.4 Å². The quantitative estimate of drug-likeness (QED) is 0.528. The van der Waals surface area contributed by atoms with E-state index in [4.69, 9.17) is 0 Å². The number of thiophene rings is 1. The molecular weight excluding hydrogens is 442 g/mol. The lowest BCUT2D eigenvalue weighted by Gasteiger charge is -2.21. The van der Waals surface area contributed by atoms with Crippen LogP contribution in [0, 0.1) is 0 Å². The summed E-state index contributed by atoms with van der Waals surface area (Å²) in [4.78, 5) is 3.63. The lowest BCUT2D eigenvalue weighted by atomic mass is 10.2. The fourth-order valence-corrected chi connectivity index (χ4v) is 4.15. The Bertz CT molecular complexity index is 539. The molecule has 0 saturated carbocycles. The van der Waals surface area contributed by atoms with E-state index in [-0.39, 0.29) is 0 Å². The highest BCUT2D eigenvalue weighted by Gasteiger charge is 2.09. The molecule has 0 unspecified atom stereocenters. The predicted molar refractivity (Wildman–Crippen MR) is 90.9 cm³/mol. The molecule has 1 heterocycles. The first-order valence-corrected chi connectivity index (χ1v) is 8.97. The molecule has 0 aliphatic rings. The molecule has 0 atom stereocenters. The van der Waals surface area contributed by atoms with Crippen LogP contribution in [0.3, 0.4) is 0 Å². The molecule has 1 nitrogen and oxygen atoms in total. The maximum absolute atomic E-state index is 3.55. The topological polar surface area (TPSA) is 3.24 Å². The molecule has 96 valence electrons. The summed E-state index contributed by atoms with van der Waals surface area (Å²) in [5.41, 5.74) is 2.56. The van der Waals surface area contributed by atoms with Crippen LogP contribution in [-0.2, 0) is 11.9 Å².